The van der Waals surface area contributed by atoms with Gasteiger partial charge >= 0.3 is 0 Å². The van der Waals surface area contributed by atoms with E-state index in [0.29, 0.717) is 18.4 Å². The van der Waals surface area contributed by atoms with Gasteiger partial charge in [0.2, 0.25) is 17.7 Å². The van der Waals surface area contributed by atoms with Gasteiger partial charge in [-0.05, 0) is 87.4 Å². The summed E-state index contributed by atoms with van der Waals surface area (Å²) in [5.41, 5.74) is 9.57. The van der Waals surface area contributed by atoms with Crippen LogP contribution in [0.4, 0.5) is 17.3 Å². The molecule has 5 aliphatic heterocycles. The van der Waals surface area contributed by atoms with E-state index in [1.165, 1.54) is 22.9 Å². The lowest BCUT2D eigenvalue weighted by atomic mass is 9.79. The molecule has 4 aromatic rings. The Bertz CT molecular complexity index is 2450. The number of carbonyl (C=O) groups is 5. The monoisotopic (exact) mass is 914 g/mol. The number of benzene rings is 2. The average Bonchev–Trinajstić information content (AvgIpc) is 3.88. The second-order valence-corrected chi connectivity index (χ2v) is 20.0. The van der Waals surface area contributed by atoms with Crippen LogP contribution in [0.15, 0.2) is 77.2 Å². The van der Waals surface area contributed by atoms with Crippen LogP contribution in [0.3, 0.4) is 0 Å². The SMILES string of the molecule is CC1(N)CCN(c2cnc(Sc3cccc(NC(=O)CCCCCCN4CC5(CCN(c6cnc(C(=O)NCc7ccc8c(c7)CN(C7CCC(=O)NC7=O)C8=O)cn6)C5)C4)c3)cn2)CC1. The Kier molecular flexibility index (Phi) is 13.3. The molecule has 1 unspecified atom stereocenters. The molecule has 4 saturated heterocycles. The molecule has 5 amide bonds. The van der Waals surface area contributed by atoms with Crippen molar-refractivity contribution in [2.24, 2.45) is 11.1 Å². The molecule has 1 atom stereocenters. The summed E-state index contributed by atoms with van der Waals surface area (Å²) < 4.78 is 0. The quantitative estimate of drug-likeness (QED) is 0.0900. The lowest BCUT2D eigenvalue weighted by molar-refractivity contribution is -0.137. The molecule has 2 aromatic heterocycles. The number of rotatable bonds is 16. The topological polar surface area (TPSA) is 212 Å². The number of hydrogen-bond acceptors (Lipinski definition) is 14. The minimum Gasteiger partial charge on any atom is -0.355 e. The van der Waals surface area contributed by atoms with Crippen molar-refractivity contribution >= 4 is 58.6 Å². The molecule has 17 nitrogen and oxygen atoms in total. The van der Waals surface area contributed by atoms with Crippen LogP contribution in [0.1, 0.15) is 103 Å². The zero-order chi connectivity index (χ0) is 45.8. The predicted octanol–water partition coefficient (Wildman–Crippen LogP) is 4.53. The maximum atomic E-state index is 13.0. The molecule has 0 aliphatic carbocycles. The Morgan fingerprint density at radius 2 is 1.64 bits per heavy atom. The van der Waals surface area contributed by atoms with E-state index < -0.39 is 11.9 Å². The maximum absolute atomic E-state index is 13.0. The molecular formula is C48H58N12O5S. The van der Waals surface area contributed by atoms with Gasteiger partial charge in [-0.25, -0.2) is 19.9 Å². The van der Waals surface area contributed by atoms with Gasteiger partial charge in [-0.3, -0.25) is 29.3 Å². The van der Waals surface area contributed by atoms with Gasteiger partial charge in [0.25, 0.3) is 11.8 Å². The number of nitrogens with one attached hydrogen (secondary N) is 3. The van der Waals surface area contributed by atoms with Crippen LogP contribution in [0.2, 0.25) is 0 Å². The molecule has 0 bridgehead atoms. The molecule has 346 valence electrons. The standard InChI is InChI=1S/C48H58N12O5S/c1-47(49)14-18-58(19-15-47)39-26-53-43(27-52-39)66-35-8-6-7-34(22-35)55-41(61)9-4-2-3-5-17-57-29-48(30-57)16-20-59(31-48)40-25-50-37(24-51-40)44(63)54-23-32-10-11-36-33(21-32)28-60(46(36)65)38-12-13-42(62)56-45(38)64/h6-8,10-11,21-22,24-27,38H,2-5,9,12-20,23,28-31,49H2,1H3,(H,54,63)(H,55,61)(H,56,62,64). The van der Waals surface area contributed by atoms with E-state index in [1.54, 1.807) is 18.3 Å². The van der Waals surface area contributed by atoms with Crippen LogP contribution in [-0.2, 0) is 27.5 Å². The van der Waals surface area contributed by atoms with Crippen molar-refractivity contribution in [1.82, 2.24) is 40.4 Å². The van der Waals surface area contributed by atoms with Crippen LogP contribution in [0.25, 0.3) is 0 Å². The first-order valence-corrected chi connectivity index (χ1v) is 24.0. The van der Waals surface area contributed by atoms with Gasteiger partial charge < -0.3 is 36.0 Å². The smallest absolute Gasteiger partial charge is 0.271 e. The number of amides is 5. The van der Waals surface area contributed by atoms with Crippen LogP contribution >= 0.6 is 11.8 Å². The molecule has 5 N–H and O–H groups in total. The third kappa shape index (κ3) is 10.7. The summed E-state index contributed by atoms with van der Waals surface area (Å²) in [6.07, 6.45) is 14.9. The van der Waals surface area contributed by atoms with Crippen LogP contribution in [0, 0.1) is 5.41 Å². The molecule has 66 heavy (non-hydrogen) atoms. The predicted molar refractivity (Wildman–Crippen MR) is 250 cm³/mol. The van der Waals surface area contributed by atoms with E-state index in [0.717, 1.165) is 129 Å². The van der Waals surface area contributed by atoms with E-state index >= 15 is 0 Å². The second kappa shape index (κ2) is 19.5. The summed E-state index contributed by atoms with van der Waals surface area (Å²) in [7, 11) is 0. The second-order valence-electron chi connectivity index (χ2n) is 18.9. The fraction of sp³-hybridized carbons (Fsp3) is 0.479. The summed E-state index contributed by atoms with van der Waals surface area (Å²) in [6.45, 7) is 9.39. The van der Waals surface area contributed by atoms with Crippen molar-refractivity contribution < 1.29 is 24.0 Å². The zero-order valence-corrected chi connectivity index (χ0v) is 38.3. The highest BCUT2D eigenvalue weighted by atomic mass is 32.2. The van der Waals surface area contributed by atoms with Crippen molar-refractivity contribution in [3.8, 4) is 0 Å². The fourth-order valence-corrected chi connectivity index (χ4v) is 10.6. The van der Waals surface area contributed by atoms with E-state index in [1.807, 2.05) is 42.7 Å². The van der Waals surface area contributed by atoms with Gasteiger partial charge in [0.05, 0.1) is 24.8 Å². The van der Waals surface area contributed by atoms with Crippen molar-refractivity contribution in [3.63, 3.8) is 0 Å². The van der Waals surface area contributed by atoms with Gasteiger partial charge in [-0.15, -0.1) is 0 Å². The first kappa shape index (κ1) is 45.2. The number of hydrogen-bond donors (Lipinski definition) is 4. The molecule has 18 heteroatoms. The molecule has 0 saturated carbocycles. The third-order valence-electron chi connectivity index (χ3n) is 13.6. The van der Waals surface area contributed by atoms with Crippen molar-refractivity contribution in [2.75, 3.05) is 60.9 Å². The third-order valence-corrected chi connectivity index (χ3v) is 14.5. The normalized spacial score (nSPS) is 20.0. The average molecular weight is 915 g/mol. The minimum absolute atomic E-state index is 0.0320. The Morgan fingerprint density at radius 3 is 2.41 bits per heavy atom. The molecule has 2 aromatic carbocycles. The van der Waals surface area contributed by atoms with Gasteiger partial charge in [-0.2, -0.15) is 0 Å². The highest BCUT2D eigenvalue weighted by molar-refractivity contribution is 7.99. The lowest BCUT2D eigenvalue weighted by Crippen LogP contribution is -2.57. The van der Waals surface area contributed by atoms with E-state index in [4.69, 9.17) is 5.73 Å². The number of anilines is 3. The van der Waals surface area contributed by atoms with Crippen molar-refractivity contribution in [2.45, 2.75) is 106 Å². The van der Waals surface area contributed by atoms with Crippen molar-refractivity contribution in [3.05, 3.63) is 89.6 Å². The lowest BCUT2D eigenvalue weighted by Gasteiger charge is -2.48. The van der Waals surface area contributed by atoms with Crippen LogP contribution < -0.4 is 31.5 Å². The minimum atomic E-state index is -0.673. The summed E-state index contributed by atoms with van der Waals surface area (Å²) in [6, 6.07) is 12.6. The highest BCUT2D eigenvalue weighted by Gasteiger charge is 2.47. The van der Waals surface area contributed by atoms with E-state index in [2.05, 4.69) is 57.5 Å². The van der Waals surface area contributed by atoms with E-state index in [9.17, 15) is 24.0 Å². The number of likely N-dealkylation sites (tertiary alicyclic amines) is 1. The first-order chi connectivity index (χ1) is 31.9. The number of carbonyl (C=O) groups excluding carboxylic acids is 5. The Hall–Kier alpha value is -5.98. The van der Waals surface area contributed by atoms with Gasteiger partial charge in [0.15, 0.2) is 0 Å². The fourth-order valence-electron chi connectivity index (χ4n) is 9.79. The molecule has 9 rings (SSSR count). The van der Waals surface area contributed by atoms with Crippen LogP contribution in [0.5, 0.6) is 0 Å². The van der Waals surface area contributed by atoms with Gasteiger partial charge in [0.1, 0.15) is 28.4 Å². The molecular weight excluding hydrogens is 857 g/mol. The molecule has 1 spiro atoms. The van der Waals surface area contributed by atoms with E-state index in [-0.39, 0.29) is 59.8 Å². The highest BCUT2D eigenvalue weighted by Crippen LogP contribution is 2.41. The van der Waals surface area contributed by atoms with Gasteiger partial charge in [0, 0.05) is 92.3 Å². The number of piperidine rings is 2. The molecule has 5 aliphatic rings. The Morgan fingerprint density at radius 1 is 0.864 bits per heavy atom. The zero-order valence-electron chi connectivity index (χ0n) is 37.5. The summed E-state index contributed by atoms with van der Waals surface area (Å²) in [4.78, 5) is 90.6. The first-order valence-electron chi connectivity index (χ1n) is 23.2. The van der Waals surface area contributed by atoms with Gasteiger partial charge in [-0.1, -0.05) is 42.8 Å². The number of fused-ring (bicyclic) bond motifs is 1. The largest absolute Gasteiger partial charge is 0.355 e. The number of nitrogens with zero attached hydrogens (tertiary/aromatic N) is 8. The summed E-state index contributed by atoms with van der Waals surface area (Å²) in [5, 5.41) is 9.10. The number of imide groups is 1. The number of nitrogens with two attached hydrogens (primary N) is 1. The van der Waals surface area contributed by atoms with Crippen molar-refractivity contribution in [1.29, 1.82) is 0 Å². The number of unbranched alkanes of at least 4 members (excludes halogenated alkanes) is 3. The summed E-state index contributed by atoms with van der Waals surface area (Å²) >= 11 is 1.53. The Balaban J connectivity index is 0.635. The maximum Gasteiger partial charge on any atom is 0.271 e. The molecule has 4 fully saturated rings. The Labute approximate surface area is 389 Å². The van der Waals surface area contributed by atoms with Crippen LogP contribution in [-0.4, -0.2) is 117 Å². The summed E-state index contributed by atoms with van der Waals surface area (Å²) in [5.74, 6) is 0.339. The number of aromatic nitrogens is 4. The molecule has 0 radical (unpaired) electrons. The molecule has 7 heterocycles.